The summed E-state index contributed by atoms with van der Waals surface area (Å²) in [6.07, 6.45) is 4.41. The number of pyridine rings is 1. The number of hydrogen-bond donors (Lipinski definition) is 1. The average molecular weight is 291 g/mol. The van der Waals surface area contributed by atoms with Crippen molar-refractivity contribution in [3.8, 4) is 0 Å². The summed E-state index contributed by atoms with van der Waals surface area (Å²) in [6, 6.07) is 12.9. The van der Waals surface area contributed by atoms with Crippen LogP contribution in [0.2, 0.25) is 5.02 Å². The summed E-state index contributed by atoms with van der Waals surface area (Å²) >= 11 is 7.93. The van der Waals surface area contributed by atoms with Gasteiger partial charge in [0, 0.05) is 23.7 Å². The molecule has 0 radical (unpaired) electrons. The molecule has 1 saturated carbocycles. The van der Waals surface area contributed by atoms with E-state index < -0.39 is 0 Å². The molecule has 3 rings (SSSR count). The van der Waals surface area contributed by atoms with Crippen LogP contribution in [-0.2, 0) is 6.54 Å². The maximum Gasteiger partial charge on any atom is 0.101 e. The first-order valence-electron chi connectivity index (χ1n) is 6.42. The first-order valence-corrected chi connectivity index (χ1v) is 7.61. The van der Waals surface area contributed by atoms with Gasteiger partial charge in [0.15, 0.2) is 0 Å². The van der Waals surface area contributed by atoms with Crippen LogP contribution in [0.15, 0.2) is 52.5 Å². The fourth-order valence-electron chi connectivity index (χ4n) is 1.81. The molecule has 0 atom stereocenters. The minimum Gasteiger partial charge on any atom is -0.310 e. The zero-order chi connectivity index (χ0) is 13.1. The predicted molar refractivity (Wildman–Crippen MR) is 79.7 cm³/mol. The highest BCUT2D eigenvalue weighted by Crippen LogP contribution is 2.32. The van der Waals surface area contributed by atoms with Crippen LogP contribution in [0.1, 0.15) is 18.4 Å². The Morgan fingerprint density at radius 3 is 2.84 bits per heavy atom. The number of nitrogens with zero attached hydrogens (tertiary/aromatic N) is 1. The van der Waals surface area contributed by atoms with E-state index in [0.29, 0.717) is 0 Å². The van der Waals surface area contributed by atoms with Crippen LogP contribution in [-0.4, -0.2) is 11.0 Å². The van der Waals surface area contributed by atoms with E-state index in [1.54, 1.807) is 18.0 Å². The summed E-state index contributed by atoms with van der Waals surface area (Å²) in [7, 11) is 0. The molecule has 0 amide bonds. The molecule has 1 N–H and O–H groups in total. The predicted octanol–water partition coefficient (Wildman–Crippen LogP) is 4.14. The minimum absolute atomic E-state index is 0.723. The van der Waals surface area contributed by atoms with Crippen molar-refractivity contribution in [3.05, 3.63) is 53.2 Å². The number of nitrogens with one attached hydrogen (secondary N) is 1. The van der Waals surface area contributed by atoms with Gasteiger partial charge < -0.3 is 5.32 Å². The third kappa shape index (κ3) is 3.72. The molecule has 1 aliphatic rings. The fraction of sp³-hybridized carbons (Fsp3) is 0.267. The maximum atomic E-state index is 6.33. The number of halogens is 1. The molecule has 0 saturated heterocycles. The van der Waals surface area contributed by atoms with Gasteiger partial charge in [-0.1, -0.05) is 35.5 Å². The van der Waals surface area contributed by atoms with Crippen molar-refractivity contribution in [2.24, 2.45) is 0 Å². The Morgan fingerprint density at radius 2 is 2.16 bits per heavy atom. The van der Waals surface area contributed by atoms with E-state index in [4.69, 9.17) is 11.6 Å². The second-order valence-corrected chi connectivity index (χ2v) is 6.16. The zero-order valence-corrected chi connectivity index (χ0v) is 12.0. The molecule has 4 heteroatoms. The Kier molecular flexibility index (Phi) is 4.06. The van der Waals surface area contributed by atoms with Gasteiger partial charge in [0.1, 0.15) is 5.03 Å². The van der Waals surface area contributed by atoms with Crippen molar-refractivity contribution in [3.63, 3.8) is 0 Å². The van der Waals surface area contributed by atoms with E-state index >= 15 is 0 Å². The Balaban J connectivity index is 1.68. The first kappa shape index (κ1) is 13.0. The topological polar surface area (TPSA) is 24.9 Å². The van der Waals surface area contributed by atoms with Crippen molar-refractivity contribution < 1.29 is 0 Å². The lowest BCUT2D eigenvalue weighted by atomic mass is 10.2. The minimum atomic E-state index is 0.723. The molecular weight excluding hydrogens is 276 g/mol. The zero-order valence-electron chi connectivity index (χ0n) is 10.5. The lowest BCUT2D eigenvalue weighted by Crippen LogP contribution is -2.15. The van der Waals surface area contributed by atoms with E-state index in [1.165, 1.54) is 18.4 Å². The van der Waals surface area contributed by atoms with Crippen LogP contribution >= 0.6 is 23.4 Å². The third-order valence-electron chi connectivity index (χ3n) is 3.02. The van der Waals surface area contributed by atoms with E-state index in [1.807, 2.05) is 24.3 Å². The Hall–Kier alpha value is -1.03. The SMILES string of the molecule is Clc1cc(CNC2CC2)ccc1Sc1ccccn1. The van der Waals surface area contributed by atoms with Crippen LogP contribution in [0.5, 0.6) is 0 Å². The van der Waals surface area contributed by atoms with Crippen molar-refractivity contribution in [1.82, 2.24) is 10.3 Å². The van der Waals surface area contributed by atoms with Gasteiger partial charge in [-0.3, -0.25) is 0 Å². The Labute approximate surface area is 122 Å². The molecular formula is C15H15ClN2S. The van der Waals surface area contributed by atoms with E-state index in [0.717, 1.165) is 27.5 Å². The van der Waals surface area contributed by atoms with Gasteiger partial charge in [0.2, 0.25) is 0 Å². The summed E-state index contributed by atoms with van der Waals surface area (Å²) in [5.41, 5.74) is 1.24. The normalized spacial score (nSPS) is 14.6. The lowest BCUT2D eigenvalue weighted by molar-refractivity contribution is 0.687. The van der Waals surface area contributed by atoms with Gasteiger partial charge in [-0.15, -0.1) is 0 Å². The van der Waals surface area contributed by atoms with Crippen LogP contribution < -0.4 is 5.32 Å². The number of aromatic nitrogens is 1. The highest BCUT2D eigenvalue weighted by Gasteiger charge is 2.20. The van der Waals surface area contributed by atoms with E-state index in [9.17, 15) is 0 Å². The number of benzene rings is 1. The van der Waals surface area contributed by atoms with Gasteiger partial charge in [-0.05, 0) is 42.7 Å². The van der Waals surface area contributed by atoms with Crippen molar-refractivity contribution >= 4 is 23.4 Å². The Morgan fingerprint density at radius 1 is 1.26 bits per heavy atom. The molecule has 1 heterocycles. The van der Waals surface area contributed by atoms with E-state index in [2.05, 4.69) is 22.4 Å². The van der Waals surface area contributed by atoms with Gasteiger partial charge in [-0.25, -0.2) is 4.98 Å². The van der Waals surface area contributed by atoms with Crippen LogP contribution in [0.3, 0.4) is 0 Å². The summed E-state index contributed by atoms with van der Waals surface area (Å²) in [5, 5.41) is 5.25. The van der Waals surface area contributed by atoms with Crippen LogP contribution in [0, 0.1) is 0 Å². The molecule has 1 aromatic carbocycles. The smallest absolute Gasteiger partial charge is 0.101 e. The monoisotopic (exact) mass is 290 g/mol. The highest BCUT2D eigenvalue weighted by atomic mass is 35.5. The molecule has 1 aliphatic carbocycles. The fourth-order valence-corrected chi connectivity index (χ4v) is 2.90. The standard InChI is InChI=1S/C15H15ClN2S/c16-13-9-11(10-18-12-5-6-12)4-7-14(13)19-15-3-1-2-8-17-15/h1-4,7-9,12,18H,5-6,10H2. The second-order valence-electron chi connectivity index (χ2n) is 4.69. The highest BCUT2D eigenvalue weighted by molar-refractivity contribution is 7.99. The molecule has 0 bridgehead atoms. The molecule has 0 unspecified atom stereocenters. The summed E-state index contributed by atoms with van der Waals surface area (Å²) in [4.78, 5) is 5.35. The molecule has 1 fully saturated rings. The van der Waals surface area contributed by atoms with Crippen molar-refractivity contribution in [2.45, 2.75) is 35.3 Å². The van der Waals surface area contributed by atoms with Gasteiger partial charge in [0.05, 0.1) is 5.02 Å². The molecule has 0 aliphatic heterocycles. The number of hydrogen-bond acceptors (Lipinski definition) is 3. The molecule has 2 aromatic rings. The van der Waals surface area contributed by atoms with Gasteiger partial charge in [-0.2, -0.15) is 0 Å². The largest absolute Gasteiger partial charge is 0.310 e. The molecule has 19 heavy (non-hydrogen) atoms. The van der Waals surface area contributed by atoms with Gasteiger partial charge >= 0.3 is 0 Å². The lowest BCUT2D eigenvalue weighted by Gasteiger charge is -2.07. The van der Waals surface area contributed by atoms with Crippen LogP contribution in [0.4, 0.5) is 0 Å². The second kappa shape index (κ2) is 5.95. The molecule has 2 nitrogen and oxygen atoms in total. The molecule has 0 spiro atoms. The molecule has 98 valence electrons. The quantitative estimate of drug-likeness (QED) is 0.896. The first-order chi connectivity index (χ1) is 9.31. The van der Waals surface area contributed by atoms with Crippen LogP contribution in [0.25, 0.3) is 0 Å². The van der Waals surface area contributed by atoms with E-state index in [-0.39, 0.29) is 0 Å². The third-order valence-corrected chi connectivity index (χ3v) is 4.47. The summed E-state index contributed by atoms with van der Waals surface area (Å²) in [5.74, 6) is 0. The maximum absolute atomic E-state index is 6.33. The summed E-state index contributed by atoms with van der Waals surface area (Å²) in [6.45, 7) is 0.902. The average Bonchev–Trinajstić information content (AvgIpc) is 3.25. The Bertz CT molecular complexity index is 555. The van der Waals surface area contributed by atoms with Gasteiger partial charge in [0.25, 0.3) is 0 Å². The summed E-state index contributed by atoms with van der Waals surface area (Å²) < 4.78 is 0. The number of rotatable bonds is 5. The molecule has 1 aromatic heterocycles. The van der Waals surface area contributed by atoms with Crippen molar-refractivity contribution in [1.29, 1.82) is 0 Å². The van der Waals surface area contributed by atoms with Crippen molar-refractivity contribution in [2.75, 3.05) is 0 Å².